The third kappa shape index (κ3) is 4.55. The fourth-order valence-corrected chi connectivity index (χ4v) is 3.72. The van der Waals surface area contributed by atoms with Gasteiger partial charge in [-0.3, -0.25) is 4.79 Å². The molecule has 0 amide bonds. The predicted octanol–water partition coefficient (Wildman–Crippen LogP) is 3.24. The number of hydrogen-bond donors (Lipinski definition) is 1. The van der Waals surface area contributed by atoms with Crippen LogP contribution >= 0.6 is 0 Å². The Morgan fingerprint density at radius 2 is 1.83 bits per heavy atom. The Hall–Kier alpha value is -1.92. The van der Waals surface area contributed by atoms with Gasteiger partial charge in [-0.05, 0) is 36.2 Å². The first kappa shape index (κ1) is 18.4. The van der Waals surface area contributed by atoms with E-state index in [1.165, 1.54) is 0 Å². The van der Waals surface area contributed by atoms with Crippen LogP contribution in [0.5, 0.6) is 0 Å². The van der Waals surface area contributed by atoms with Crippen LogP contribution in [0.3, 0.4) is 0 Å². The largest absolute Gasteiger partial charge is 0.465 e. The molecular weight excluding hydrogens is 326 g/mol. The van der Waals surface area contributed by atoms with Crippen LogP contribution in [-0.2, 0) is 19.6 Å². The van der Waals surface area contributed by atoms with E-state index >= 15 is 0 Å². The summed E-state index contributed by atoms with van der Waals surface area (Å²) in [5.41, 5.74) is 0. The molecular formula is C18H23NO4S. The molecule has 0 bridgehead atoms. The van der Waals surface area contributed by atoms with E-state index in [0.717, 1.165) is 23.6 Å². The molecule has 130 valence electrons. The van der Waals surface area contributed by atoms with E-state index in [1.54, 1.807) is 25.1 Å². The van der Waals surface area contributed by atoms with Crippen LogP contribution < -0.4 is 4.72 Å². The van der Waals surface area contributed by atoms with Crippen LogP contribution in [0.25, 0.3) is 10.8 Å². The van der Waals surface area contributed by atoms with Crippen molar-refractivity contribution in [3.8, 4) is 0 Å². The zero-order chi connectivity index (χ0) is 17.6. The van der Waals surface area contributed by atoms with Gasteiger partial charge in [-0.1, -0.05) is 50.1 Å². The van der Waals surface area contributed by atoms with Crippen molar-refractivity contribution in [3.05, 3.63) is 42.5 Å². The van der Waals surface area contributed by atoms with E-state index in [2.05, 4.69) is 4.72 Å². The molecule has 2 aromatic rings. The van der Waals surface area contributed by atoms with Crippen molar-refractivity contribution in [2.45, 2.75) is 44.0 Å². The number of carbonyl (C=O) groups excluding carboxylic acids is 1. The standard InChI is InChI=1S/C18H23NO4S/c1-3-5-10-17(18(20)23-4-2)19-24(21,22)16-12-11-14-8-6-7-9-15(14)13-16/h6-9,11-13,17,19H,3-5,10H2,1-2H3. The number of hydrogen-bond acceptors (Lipinski definition) is 4. The molecule has 1 unspecified atom stereocenters. The molecule has 2 aromatic carbocycles. The second kappa shape index (κ2) is 8.26. The average molecular weight is 349 g/mol. The molecule has 0 spiro atoms. The molecule has 0 fully saturated rings. The smallest absolute Gasteiger partial charge is 0.324 e. The van der Waals surface area contributed by atoms with Crippen molar-refractivity contribution in [1.29, 1.82) is 0 Å². The maximum Gasteiger partial charge on any atom is 0.324 e. The summed E-state index contributed by atoms with van der Waals surface area (Å²) in [5.74, 6) is -0.532. The van der Waals surface area contributed by atoms with Crippen molar-refractivity contribution in [3.63, 3.8) is 0 Å². The number of nitrogens with one attached hydrogen (secondary N) is 1. The van der Waals surface area contributed by atoms with Crippen LogP contribution in [0.2, 0.25) is 0 Å². The second-order valence-corrected chi connectivity index (χ2v) is 7.29. The second-order valence-electron chi connectivity index (χ2n) is 5.58. The van der Waals surface area contributed by atoms with Crippen LogP contribution in [0.4, 0.5) is 0 Å². The maximum atomic E-state index is 12.6. The van der Waals surface area contributed by atoms with Crippen molar-refractivity contribution in [2.75, 3.05) is 6.61 Å². The van der Waals surface area contributed by atoms with E-state index in [-0.39, 0.29) is 11.5 Å². The lowest BCUT2D eigenvalue weighted by atomic mass is 10.1. The van der Waals surface area contributed by atoms with Gasteiger partial charge < -0.3 is 4.74 Å². The first-order valence-corrected chi connectivity index (χ1v) is 9.64. The molecule has 0 saturated heterocycles. The SMILES string of the molecule is CCCCC(NS(=O)(=O)c1ccc2ccccc2c1)C(=O)OCC. The number of sulfonamides is 1. The Morgan fingerprint density at radius 3 is 2.50 bits per heavy atom. The minimum Gasteiger partial charge on any atom is -0.465 e. The van der Waals surface area contributed by atoms with Gasteiger partial charge >= 0.3 is 5.97 Å². The lowest BCUT2D eigenvalue weighted by Crippen LogP contribution is -2.41. The molecule has 0 saturated carbocycles. The molecule has 0 radical (unpaired) electrons. The summed E-state index contributed by atoms with van der Waals surface area (Å²) in [4.78, 5) is 12.2. The number of benzene rings is 2. The van der Waals surface area contributed by atoms with Crippen LogP contribution in [0.15, 0.2) is 47.4 Å². The summed E-state index contributed by atoms with van der Waals surface area (Å²) in [6, 6.07) is 11.6. The summed E-state index contributed by atoms with van der Waals surface area (Å²) < 4.78 is 32.8. The topological polar surface area (TPSA) is 72.5 Å². The zero-order valence-corrected chi connectivity index (χ0v) is 14.8. The minimum absolute atomic E-state index is 0.145. The first-order valence-electron chi connectivity index (χ1n) is 8.15. The van der Waals surface area contributed by atoms with Crippen molar-refractivity contribution >= 4 is 26.8 Å². The van der Waals surface area contributed by atoms with E-state index in [1.807, 2.05) is 31.2 Å². The molecule has 5 nitrogen and oxygen atoms in total. The zero-order valence-electron chi connectivity index (χ0n) is 14.0. The molecule has 0 aliphatic rings. The Labute approximate surface area is 143 Å². The van der Waals surface area contributed by atoms with E-state index in [0.29, 0.717) is 6.42 Å². The van der Waals surface area contributed by atoms with Crippen molar-refractivity contribution < 1.29 is 17.9 Å². The molecule has 1 N–H and O–H groups in total. The molecule has 0 aromatic heterocycles. The highest BCUT2D eigenvalue weighted by molar-refractivity contribution is 7.89. The predicted molar refractivity (Wildman–Crippen MR) is 94.2 cm³/mol. The summed E-state index contributed by atoms with van der Waals surface area (Å²) in [6.45, 7) is 3.91. The number of ether oxygens (including phenoxy) is 1. The van der Waals surface area contributed by atoms with Gasteiger partial charge in [-0.2, -0.15) is 4.72 Å². The van der Waals surface area contributed by atoms with E-state index in [4.69, 9.17) is 4.74 Å². The number of esters is 1. The Morgan fingerprint density at radius 1 is 1.12 bits per heavy atom. The molecule has 0 aliphatic carbocycles. The van der Waals surface area contributed by atoms with E-state index in [9.17, 15) is 13.2 Å². The number of unbranched alkanes of at least 4 members (excludes halogenated alkanes) is 1. The van der Waals surface area contributed by atoms with Crippen LogP contribution in [0, 0.1) is 0 Å². The molecule has 1 atom stereocenters. The van der Waals surface area contributed by atoms with Gasteiger partial charge in [-0.15, -0.1) is 0 Å². The van der Waals surface area contributed by atoms with Gasteiger partial charge in [-0.25, -0.2) is 8.42 Å². The third-order valence-electron chi connectivity index (χ3n) is 3.75. The average Bonchev–Trinajstić information content (AvgIpc) is 2.58. The molecule has 6 heteroatoms. The van der Waals surface area contributed by atoms with Crippen LogP contribution in [0.1, 0.15) is 33.1 Å². The Kier molecular flexibility index (Phi) is 6.34. The lowest BCUT2D eigenvalue weighted by Gasteiger charge is -2.17. The highest BCUT2D eigenvalue weighted by atomic mass is 32.2. The first-order chi connectivity index (χ1) is 11.5. The van der Waals surface area contributed by atoms with Gasteiger partial charge in [0, 0.05) is 0 Å². The third-order valence-corrected chi connectivity index (χ3v) is 5.22. The molecule has 2 rings (SSSR count). The lowest BCUT2D eigenvalue weighted by molar-refractivity contribution is -0.145. The normalized spacial score (nSPS) is 12.9. The molecule has 24 heavy (non-hydrogen) atoms. The fourth-order valence-electron chi connectivity index (χ4n) is 2.47. The highest BCUT2D eigenvalue weighted by Crippen LogP contribution is 2.19. The maximum absolute atomic E-state index is 12.6. The summed E-state index contributed by atoms with van der Waals surface area (Å²) in [6.07, 6.45) is 2.03. The minimum atomic E-state index is -3.80. The number of fused-ring (bicyclic) bond motifs is 1. The quantitative estimate of drug-likeness (QED) is 0.743. The summed E-state index contributed by atoms with van der Waals surface area (Å²) in [7, 11) is -3.80. The summed E-state index contributed by atoms with van der Waals surface area (Å²) in [5, 5.41) is 1.80. The van der Waals surface area contributed by atoms with Crippen molar-refractivity contribution in [2.24, 2.45) is 0 Å². The van der Waals surface area contributed by atoms with Gasteiger partial charge in [0.25, 0.3) is 0 Å². The molecule has 0 heterocycles. The number of rotatable bonds is 8. The van der Waals surface area contributed by atoms with Gasteiger partial charge in [0.15, 0.2) is 0 Å². The molecule has 0 aliphatic heterocycles. The number of carbonyl (C=O) groups is 1. The summed E-state index contributed by atoms with van der Waals surface area (Å²) >= 11 is 0. The van der Waals surface area contributed by atoms with Gasteiger partial charge in [0.2, 0.25) is 10.0 Å². The van der Waals surface area contributed by atoms with Gasteiger partial charge in [0.05, 0.1) is 11.5 Å². The monoisotopic (exact) mass is 349 g/mol. The van der Waals surface area contributed by atoms with Crippen molar-refractivity contribution in [1.82, 2.24) is 4.72 Å². The van der Waals surface area contributed by atoms with E-state index < -0.39 is 22.0 Å². The Bertz CT molecular complexity index is 802. The fraction of sp³-hybridized carbons (Fsp3) is 0.389. The van der Waals surface area contributed by atoms with Crippen LogP contribution in [-0.4, -0.2) is 27.0 Å². The highest BCUT2D eigenvalue weighted by Gasteiger charge is 2.26. The van der Waals surface area contributed by atoms with Gasteiger partial charge in [0.1, 0.15) is 6.04 Å². The Balaban J connectivity index is 2.26.